The molecule has 2 aromatic rings. The fraction of sp³-hybridized carbons (Fsp3) is 0.333. The van der Waals surface area contributed by atoms with Crippen molar-refractivity contribution in [3.8, 4) is 11.3 Å². The van der Waals surface area contributed by atoms with Gasteiger partial charge in [-0.15, -0.1) is 0 Å². The smallest absolute Gasteiger partial charge is 0.203 e. The van der Waals surface area contributed by atoms with E-state index in [1.165, 1.54) is 0 Å². The Labute approximate surface area is 99.7 Å². The van der Waals surface area contributed by atoms with Gasteiger partial charge in [0.15, 0.2) is 0 Å². The first kappa shape index (κ1) is 10.3. The summed E-state index contributed by atoms with van der Waals surface area (Å²) in [5, 5.41) is 3.30. The minimum absolute atomic E-state index is 0.499. The number of nitrogens with zero attached hydrogens (tertiary/aromatic N) is 3. The first-order valence-electron chi connectivity index (χ1n) is 5.84. The third kappa shape index (κ3) is 1.68. The Morgan fingerprint density at radius 2 is 2.41 bits per heavy atom. The zero-order valence-electron chi connectivity index (χ0n) is 9.56. The average Bonchev–Trinajstić information content (AvgIpc) is 2.78. The van der Waals surface area contributed by atoms with Crippen molar-refractivity contribution < 1.29 is 0 Å². The molecule has 0 fully saturated rings. The number of nitrogens with one attached hydrogen (secondary N) is 1. The monoisotopic (exact) mass is 229 g/mol. The predicted molar refractivity (Wildman–Crippen MR) is 66.5 cm³/mol. The quantitative estimate of drug-likeness (QED) is 0.812. The Hall–Kier alpha value is -1.88. The lowest BCUT2D eigenvalue weighted by atomic mass is 10.1. The maximum atomic E-state index is 5.85. The first-order chi connectivity index (χ1) is 8.40. The van der Waals surface area contributed by atoms with Crippen LogP contribution < -0.4 is 11.1 Å². The summed E-state index contributed by atoms with van der Waals surface area (Å²) in [6.07, 6.45) is 4.70. The molecule has 0 radical (unpaired) electrons. The molecule has 0 unspecified atom stereocenters. The number of fused-ring (bicyclic) bond motifs is 1. The van der Waals surface area contributed by atoms with Crippen LogP contribution in [0.1, 0.15) is 12.1 Å². The maximum Gasteiger partial charge on any atom is 0.203 e. The zero-order chi connectivity index (χ0) is 11.7. The molecule has 0 aromatic carbocycles. The van der Waals surface area contributed by atoms with Crippen LogP contribution in [0.15, 0.2) is 24.5 Å². The molecule has 3 heterocycles. The van der Waals surface area contributed by atoms with E-state index in [9.17, 15) is 0 Å². The van der Waals surface area contributed by atoms with Crippen LogP contribution in [0.25, 0.3) is 11.3 Å². The van der Waals surface area contributed by atoms with Gasteiger partial charge in [0.2, 0.25) is 5.95 Å². The van der Waals surface area contributed by atoms with Gasteiger partial charge in [-0.3, -0.25) is 4.98 Å². The Morgan fingerprint density at radius 3 is 3.18 bits per heavy atom. The van der Waals surface area contributed by atoms with E-state index in [0.717, 1.165) is 42.4 Å². The van der Waals surface area contributed by atoms with Gasteiger partial charge in [-0.2, -0.15) is 0 Å². The van der Waals surface area contributed by atoms with E-state index in [1.807, 2.05) is 18.3 Å². The van der Waals surface area contributed by atoms with Crippen LogP contribution in [0.5, 0.6) is 0 Å². The fourth-order valence-corrected chi connectivity index (χ4v) is 2.24. The van der Waals surface area contributed by atoms with E-state index in [0.29, 0.717) is 6.54 Å². The fourth-order valence-electron chi connectivity index (χ4n) is 2.24. The summed E-state index contributed by atoms with van der Waals surface area (Å²) in [7, 11) is 0. The lowest BCUT2D eigenvalue weighted by Crippen LogP contribution is -2.19. The molecular weight excluding hydrogens is 214 g/mol. The summed E-state index contributed by atoms with van der Waals surface area (Å²) in [5.41, 5.74) is 8.90. The summed E-state index contributed by atoms with van der Waals surface area (Å²) >= 11 is 0. The summed E-state index contributed by atoms with van der Waals surface area (Å²) in [6.45, 7) is 2.47. The minimum atomic E-state index is 0.499. The van der Waals surface area contributed by atoms with E-state index < -0.39 is 0 Å². The summed E-state index contributed by atoms with van der Waals surface area (Å²) in [5.74, 6) is 0.926. The van der Waals surface area contributed by atoms with Gasteiger partial charge in [-0.05, 0) is 18.6 Å². The summed E-state index contributed by atoms with van der Waals surface area (Å²) < 4.78 is 2.17. The lowest BCUT2D eigenvalue weighted by molar-refractivity contribution is 0.604. The van der Waals surface area contributed by atoms with Crippen molar-refractivity contribution >= 4 is 5.95 Å². The topological polar surface area (TPSA) is 68.8 Å². The summed E-state index contributed by atoms with van der Waals surface area (Å²) in [6, 6.07) is 3.93. The van der Waals surface area contributed by atoms with Gasteiger partial charge >= 0.3 is 0 Å². The molecule has 0 saturated heterocycles. The van der Waals surface area contributed by atoms with Crippen molar-refractivity contribution in [1.82, 2.24) is 14.5 Å². The van der Waals surface area contributed by atoms with E-state index in [1.54, 1.807) is 6.20 Å². The molecular formula is C12H15N5. The molecule has 0 atom stereocenters. The van der Waals surface area contributed by atoms with Crippen LogP contribution >= 0.6 is 0 Å². The second-order valence-corrected chi connectivity index (χ2v) is 4.11. The second-order valence-electron chi connectivity index (χ2n) is 4.11. The number of nitrogens with two attached hydrogens (primary N) is 1. The van der Waals surface area contributed by atoms with E-state index >= 15 is 0 Å². The summed E-state index contributed by atoms with van der Waals surface area (Å²) in [4.78, 5) is 8.76. The number of imidazole rings is 1. The van der Waals surface area contributed by atoms with Gasteiger partial charge in [0, 0.05) is 37.6 Å². The lowest BCUT2D eigenvalue weighted by Gasteiger charge is -2.17. The van der Waals surface area contributed by atoms with Crippen molar-refractivity contribution in [1.29, 1.82) is 0 Å². The third-order valence-corrected chi connectivity index (χ3v) is 3.04. The standard InChI is InChI=1S/C12H15N5/c13-7-10-11(9-3-1-4-14-8-9)16-12-15-5-2-6-17(10)12/h1,3-4,8H,2,5-7,13H2,(H,15,16). The zero-order valence-corrected chi connectivity index (χ0v) is 9.56. The molecule has 3 rings (SSSR count). The molecule has 0 saturated carbocycles. The normalized spacial score (nSPS) is 14.2. The first-order valence-corrected chi connectivity index (χ1v) is 5.84. The van der Waals surface area contributed by atoms with Crippen LogP contribution in [0, 0.1) is 0 Å². The Balaban J connectivity index is 2.14. The maximum absolute atomic E-state index is 5.85. The molecule has 88 valence electrons. The molecule has 0 spiro atoms. The Morgan fingerprint density at radius 1 is 1.47 bits per heavy atom. The SMILES string of the molecule is NCc1c(-c2cccnc2)nc2n1CCCN2. The largest absolute Gasteiger partial charge is 0.356 e. The van der Waals surface area contributed by atoms with E-state index in [-0.39, 0.29) is 0 Å². The highest BCUT2D eigenvalue weighted by Gasteiger charge is 2.19. The van der Waals surface area contributed by atoms with Gasteiger partial charge in [-0.1, -0.05) is 0 Å². The minimum Gasteiger partial charge on any atom is -0.356 e. The molecule has 5 nitrogen and oxygen atoms in total. The Kier molecular flexibility index (Phi) is 2.53. The average molecular weight is 229 g/mol. The number of hydrogen-bond acceptors (Lipinski definition) is 4. The molecule has 0 amide bonds. The molecule has 2 aromatic heterocycles. The predicted octanol–water partition coefficient (Wildman–Crippen LogP) is 1.22. The van der Waals surface area contributed by atoms with Crippen LogP contribution in [0.2, 0.25) is 0 Å². The number of hydrogen-bond donors (Lipinski definition) is 2. The molecule has 1 aliphatic heterocycles. The van der Waals surface area contributed by atoms with Crippen LogP contribution in [0.3, 0.4) is 0 Å². The van der Waals surface area contributed by atoms with Crippen LogP contribution in [-0.2, 0) is 13.1 Å². The number of anilines is 1. The number of pyridine rings is 1. The van der Waals surface area contributed by atoms with Gasteiger partial charge in [-0.25, -0.2) is 4.98 Å². The number of rotatable bonds is 2. The van der Waals surface area contributed by atoms with Crippen molar-refractivity contribution in [2.45, 2.75) is 19.5 Å². The molecule has 3 N–H and O–H groups in total. The number of aromatic nitrogens is 3. The molecule has 5 heteroatoms. The van der Waals surface area contributed by atoms with Gasteiger partial charge in [0.05, 0.1) is 11.4 Å². The van der Waals surface area contributed by atoms with Crippen LogP contribution in [-0.4, -0.2) is 21.1 Å². The van der Waals surface area contributed by atoms with Crippen molar-refractivity contribution in [2.24, 2.45) is 5.73 Å². The van der Waals surface area contributed by atoms with Crippen LogP contribution in [0.4, 0.5) is 5.95 Å². The van der Waals surface area contributed by atoms with Crippen molar-refractivity contribution in [2.75, 3.05) is 11.9 Å². The van der Waals surface area contributed by atoms with Crippen molar-refractivity contribution in [3.63, 3.8) is 0 Å². The molecule has 0 bridgehead atoms. The molecule has 1 aliphatic rings. The highest BCUT2D eigenvalue weighted by Crippen LogP contribution is 2.27. The van der Waals surface area contributed by atoms with Gasteiger partial charge in [0.1, 0.15) is 0 Å². The highest BCUT2D eigenvalue weighted by atomic mass is 15.2. The van der Waals surface area contributed by atoms with E-state index in [4.69, 9.17) is 5.73 Å². The highest BCUT2D eigenvalue weighted by molar-refractivity contribution is 5.64. The van der Waals surface area contributed by atoms with E-state index in [2.05, 4.69) is 19.9 Å². The molecule has 0 aliphatic carbocycles. The molecule has 17 heavy (non-hydrogen) atoms. The second kappa shape index (κ2) is 4.18. The van der Waals surface area contributed by atoms with Crippen molar-refractivity contribution in [3.05, 3.63) is 30.2 Å². The Bertz CT molecular complexity index is 517. The van der Waals surface area contributed by atoms with Gasteiger partial charge < -0.3 is 15.6 Å². The van der Waals surface area contributed by atoms with Gasteiger partial charge in [0.25, 0.3) is 0 Å². The third-order valence-electron chi connectivity index (χ3n) is 3.04.